The van der Waals surface area contributed by atoms with Crippen molar-refractivity contribution in [2.75, 3.05) is 5.32 Å². The number of amides is 1. The van der Waals surface area contributed by atoms with E-state index in [4.69, 9.17) is 23.2 Å². The molecule has 0 spiro atoms. The molecule has 1 amide bonds. The van der Waals surface area contributed by atoms with Crippen molar-refractivity contribution in [1.82, 2.24) is 9.97 Å². The Balaban J connectivity index is 1.80. The number of ketones is 1. The Kier molecular flexibility index (Phi) is 4.86. The van der Waals surface area contributed by atoms with Gasteiger partial charge in [0, 0.05) is 27.7 Å². The lowest BCUT2D eigenvalue weighted by Gasteiger charge is -2.07. The maximum absolute atomic E-state index is 13.0. The first kappa shape index (κ1) is 18.2. The molecular formula is C21H13Cl2N3O2. The summed E-state index contributed by atoms with van der Waals surface area (Å²) in [4.78, 5) is 32.7. The van der Waals surface area contributed by atoms with Crippen LogP contribution in [0.3, 0.4) is 0 Å². The van der Waals surface area contributed by atoms with E-state index in [0.717, 1.165) is 0 Å². The van der Waals surface area contributed by atoms with Crippen molar-refractivity contribution >= 4 is 51.5 Å². The van der Waals surface area contributed by atoms with E-state index in [1.165, 1.54) is 12.3 Å². The van der Waals surface area contributed by atoms with E-state index in [0.29, 0.717) is 37.9 Å². The largest absolute Gasteiger partial charge is 0.350 e. The lowest BCUT2D eigenvalue weighted by atomic mass is 10.1. The van der Waals surface area contributed by atoms with Gasteiger partial charge in [0.15, 0.2) is 0 Å². The molecule has 0 radical (unpaired) electrons. The number of benzene rings is 2. The van der Waals surface area contributed by atoms with Crippen LogP contribution in [0.25, 0.3) is 10.9 Å². The maximum atomic E-state index is 13.0. The summed E-state index contributed by atoms with van der Waals surface area (Å²) in [6, 6.07) is 17.1. The third-order valence-corrected chi connectivity index (χ3v) is 4.71. The van der Waals surface area contributed by atoms with Gasteiger partial charge in [0.05, 0.1) is 11.3 Å². The van der Waals surface area contributed by atoms with E-state index >= 15 is 0 Å². The number of H-pyrrole nitrogens is 1. The molecule has 0 fully saturated rings. The van der Waals surface area contributed by atoms with Crippen molar-refractivity contribution in [2.24, 2.45) is 0 Å². The fourth-order valence-electron chi connectivity index (χ4n) is 2.90. The number of nitrogens with one attached hydrogen (secondary N) is 2. The quantitative estimate of drug-likeness (QED) is 0.352. The van der Waals surface area contributed by atoms with Crippen molar-refractivity contribution in [3.8, 4) is 0 Å². The molecule has 0 saturated heterocycles. The molecule has 28 heavy (non-hydrogen) atoms. The van der Waals surface area contributed by atoms with Crippen molar-refractivity contribution < 1.29 is 9.59 Å². The van der Waals surface area contributed by atoms with Crippen LogP contribution < -0.4 is 5.32 Å². The van der Waals surface area contributed by atoms with Gasteiger partial charge in [-0.25, -0.2) is 4.98 Å². The number of rotatable bonds is 4. The summed E-state index contributed by atoms with van der Waals surface area (Å²) in [7, 11) is 0. The normalized spacial score (nSPS) is 10.8. The van der Waals surface area contributed by atoms with Crippen LogP contribution in [-0.2, 0) is 0 Å². The maximum Gasteiger partial charge on any atom is 0.257 e. The standard InChI is InChI=1S/C21H13Cl2N3O2/c22-14-7-8-15-16(10-14)25-19(20(27)12-4-2-1-3-5-12)18(15)26-21(28)13-6-9-17(23)24-11-13/h1-11,25H,(H,26,28). The Labute approximate surface area is 170 Å². The van der Waals surface area contributed by atoms with Crippen molar-refractivity contribution in [2.45, 2.75) is 0 Å². The number of halogens is 2. The fraction of sp³-hybridized carbons (Fsp3) is 0. The first-order valence-corrected chi connectivity index (χ1v) is 9.12. The van der Waals surface area contributed by atoms with Crippen LogP contribution in [0.5, 0.6) is 0 Å². The van der Waals surface area contributed by atoms with Crippen LogP contribution in [0.2, 0.25) is 10.2 Å². The minimum Gasteiger partial charge on any atom is -0.350 e. The smallest absolute Gasteiger partial charge is 0.257 e. The molecule has 4 rings (SSSR count). The summed E-state index contributed by atoms with van der Waals surface area (Å²) in [5.74, 6) is -0.639. The van der Waals surface area contributed by atoms with Crippen molar-refractivity contribution in [3.63, 3.8) is 0 Å². The third kappa shape index (κ3) is 3.50. The van der Waals surface area contributed by atoms with Crippen LogP contribution in [0.1, 0.15) is 26.4 Å². The summed E-state index contributed by atoms with van der Waals surface area (Å²) in [5, 5.41) is 4.31. The summed E-state index contributed by atoms with van der Waals surface area (Å²) >= 11 is 11.9. The lowest BCUT2D eigenvalue weighted by molar-refractivity contribution is 0.102. The number of carbonyl (C=O) groups excluding carboxylic acids is 2. The molecule has 0 aliphatic rings. The predicted molar refractivity (Wildman–Crippen MR) is 110 cm³/mol. The number of hydrogen-bond acceptors (Lipinski definition) is 3. The number of anilines is 1. The lowest BCUT2D eigenvalue weighted by Crippen LogP contribution is -2.15. The van der Waals surface area contributed by atoms with Gasteiger partial charge >= 0.3 is 0 Å². The Bertz CT molecular complexity index is 1190. The molecule has 5 nitrogen and oxygen atoms in total. The Hall–Kier alpha value is -3.15. The van der Waals surface area contributed by atoms with Crippen LogP contribution in [0, 0.1) is 0 Å². The number of fused-ring (bicyclic) bond motifs is 1. The van der Waals surface area contributed by atoms with Gasteiger partial charge in [-0.15, -0.1) is 0 Å². The second kappa shape index (κ2) is 7.46. The number of carbonyl (C=O) groups is 2. The highest BCUT2D eigenvalue weighted by molar-refractivity contribution is 6.31. The second-order valence-electron chi connectivity index (χ2n) is 6.08. The SMILES string of the molecule is O=C(Nc1c(C(=O)c2ccccc2)[nH]c2cc(Cl)ccc12)c1ccc(Cl)nc1. The number of aromatic nitrogens is 2. The highest BCUT2D eigenvalue weighted by Crippen LogP contribution is 2.31. The monoisotopic (exact) mass is 409 g/mol. The molecule has 0 unspecified atom stereocenters. The first-order chi connectivity index (χ1) is 13.5. The van der Waals surface area contributed by atoms with Crippen LogP contribution in [-0.4, -0.2) is 21.7 Å². The fourth-order valence-corrected chi connectivity index (χ4v) is 3.18. The van der Waals surface area contributed by atoms with E-state index in [1.807, 2.05) is 6.07 Å². The Morgan fingerprint density at radius 3 is 2.43 bits per heavy atom. The van der Waals surface area contributed by atoms with Gasteiger partial charge in [0.2, 0.25) is 5.78 Å². The molecule has 2 aromatic carbocycles. The van der Waals surface area contributed by atoms with Gasteiger partial charge in [-0.05, 0) is 30.3 Å². The zero-order chi connectivity index (χ0) is 19.7. The summed E-state index contributed by atoms with van der Waals surface area (Å²) in [6.07, 6.45) is 1.38. The van der Waals surface area contributed by atoms with E-state index < -0.39 is 5.91 Å². The number of nitrogens with zero attached hydrogens (tertiary/aromatic N) is 1. The average molecular weight is 410 g/mol. The van der Waals surface area contributed by atoms with E-state index in [-0.39, 0.29) is 11.5 Å². The van der Waals surface area contributed by atoms with E-state index in [2.05, 4.69) is 15.3 Å². The average Bonchev–Trinajstić information content (AvgIpc) is 3.05. The number of hydrogen-bond donors (Lipinski definition) is 2. The number of aromatic amines is 1. The van der Waals surface area contributed by atoms with E-state index in [1.54, 1.807) is 48.5 Å². The molecular weight excluding hydrogens is 397 g/mol. The molecule has 138 valence electrons. The molecule has 4 aromatic rings. The third-order valence-electron chi connectivity index (χ3n) is 4.25. The van der Waals surface area contributed by atoms with Gasteiger partial charge < -0.3 is 10.3 Å². The molecule has 0 atom stereocenters. The zero-order valence-corrected chi connectivity index (χ0v) is 15.9. The summed E-state index contributed by atoms with van der Waals surface area (Å²) in [5.41, 5.74) is 2.14. The predicted octanol–water partition coefficient (Wildman–Crippen LogP) is 5.35. The van der Waals surface area contributed by atoms with Gasteiger partial charge in [0.1, 0.15) is 10.8 Å². The molecule has 7 heteroatoms. The zero-order valence-electron chi connectivity index (χ0n) is 14.4. The molecule has 2 aromatic heterocycles. The second-order valence-corrected chi connectivity index (χ2v) is 6.91. The van der Waals surface area contributed by atoms with Crippen LogP contribution >= 0.6 is 23.2 Å². The van der Waals surface area contributed by atoms with Crippen LogP contribution in [0.4, 0.5) is 5.69 Å². The topological polar surface area (TPSA) is 74.8 Å². The molecule has 2 N–H and O–H groups in total. The minimum absolute atomic E-state index is 0.238. The van der Waals surface area contributed by atoms with Crippen LogP contribution in [0.15, 0.2) is 66.9 Å². The van der Waals surface area contributed by atoms with E-state index in [9.17, 15) is 9.59 Å². The molecule has 0 saturated carbocycles. The molecule has 0 bridgehead atoms. The Morgan fingerprint density at radius 2 is 1.71 bits per heavy atom. The highest BCUT2D eigenvalue weighted by Gasteiger charge is 2.21. The van der Waals surface area contributed by atoms with Gasteiger partial charge in [0.25, 0.3) is 5.91 Å². The van der Waals surface area contributed by atoms with Gasteiger partial charge in [-0.2, -0.15) is 0 Å². The number of pyridine rings is 1. The highest BCUT2D eigenvalue weighted by atomic mass is 35.5. The van der Waals surface area contributed by atoms with Gasteiger partial charge in [-0.1, -0.05) is 53.5 Å². The molecule has 0 aliphatic carbocycles. The molecule has 0 aliphatic heterocycles. The minimum atomic E-state index is -0.401. The summed E-state index contributed by atoms with van der Waals surface area (Å²) in [6.45, 7) is 0. The Morgan fingerprint density at radius 1 is 0.929 bits per heavy atom. The summed E-state index contributed by atoms with van der Waals surface area (Å²) < 4.78 is 0. The molecule has 2 heterocycles. The van der Waals surface area contributed by atoms with Crippen molar-refractivity contribution in [1.29, 1.82) is 0 Å². The first-order valence-electron chi connectivity index (χ1n) is 8.37. The van der Waals surface area contributed by atoms with Crippen molar-refractivity contribution in [3.05, 3.63) is 93.9 Å². The van der Waals surface area contributed by atoms with Gasteiger partial charge in [-0.3, -0.25) is 9.59 Å².